The van der Waals surface area contributed by atoms with Crippen LogP contribution >= 0.6 is 0 Å². The number of rotatable bonds is 3. The number of nitrogens with zero attached hydrogens (tertiary/aromatic N) is 1. The van der Waals surface area contributed by atoms with Crippen molar-refractivity contribution in [2.24, 2.45) is 0 Å². The van der Waals surface area contributed by atoms with Crippen LogP contribution in [0.3, 0.4) is 0 Å². The molecule has 0 spiro atoms. The van der Waals surface area contributed by atoms with Crippen LogP contribution in [0.5, 0.6) is 0 Å². The van der Waals surface area contributed by atoms with E-state index in [2.05, 4.69) is 44.2 Å². The maximum atomic E-state index is 13.1. The molecule has 1 aliphatic rings. The molecule has 0 amide bonds. The molecule has 0 saturated carbocycles. The van der Waals surface area contributed by atoms with E-state index < -0.39 is 10.0 Å². The van der Waals surface area contributed by atoms with Gasteiger partial charge in [0.25, 0.3) is 0 Å². The second-order valence-electron chi connectivity index (χ2n) is 6.87. The molecule has 0 bridgehead atoms. The SMILES string of the molecule is Cc1ccc(S(=O)(=O)N2CCC=C/C(=C\c3c(C)cccc3C)C2)cc1. The summed E-state index contributed by atoms with van der Waals surface area (Å²) in [5, 5.41) is 0. The van der Waals surface area contributed by atoms with Crippen LogP contribution in [0.25, 0.3) is 6.08 Å². The molecule has 136 valence electrons. The minimum Gasteiger partial charge on any atom is -0.207 e. The average Bonchev–Trinajstić information content (AvgIpc) is 2.85. The van der Waals surface area contributed by atoms with E-state index in [0.717, 1.165) is 17.6 Å². The Morgan fingerprint density at radius 1 is 0.962 bits per heavy atom. The minimum atomic E-state index is -3.50. The minimum absolute atomic E-state index is 0.358. The fourth-order valence-corrected chi connectivity index (χ4v) is 4.63. The Bertz CT molecular complexity index is 934. The van der Waals surface area contributed by atoms with Crippen LogP contribution in [0.4, 0.5) is 0 Å². The van der Waals surface area contributed by atoms with Crippen LogP contribution in [0.2, 0.25) is 0 Å². The van der Waals surface area contributed by atoms with Gasteiger partial charge in [-0.2, -0.15) is 4.31 Å². The predicted molar refractivity (Wildman–Crippen MR) is 108 cm³/mol. The molecule has 0 N–H and O–H groups in total. The van der Waals surface area contributed by atoms with Gasteiger partial charge in [-0.05, 0) is 67.7 Å². The smallest absolute Gasteiger partial charge is 0.207 e. The van der Waals surface area contributed by atoms with Gasteiger partial charge in [-0.1, -0.05) is 48.0 Å². The Labute approximate surface area is 156 Å². The van der Waals surface area contributed by atoms with Gasteiger partial charge in [0.2, 0.25) is 10.0 Å². The van der Waals surface area contributed by atoms with Crippen molar-refractivity contribution in [3.05, 3.63) is 82.4 Å². The zero-order valence-electron chi connectivity index (χ0n) is 15.6. The third kappa shape index (κ3) is 3.97. The second kappa shape index (κ2) is 7.60. The van der Waals surface area contributed by atoms with Crippen molar-refractivity contribution in [3.8, 4) is 0 Å². The monoisotopic (exact) mass is 367 g/mol. The average molecular weight is 368 g/mol. The summed E-state index contributed by atoms with van der Waals surface area (Å²) in [5.74, 6) is 0. The van der Waals surface area contributed by atoms with Crippen molar-refractivity contribution >= 4 is 16.1 Å². The van der Waals surface area contributed by atoms with Crippen molar-refractivity contribution < 1.29 is 8.42 Å². The van der Waals surface area contributed by atoms with Crippen LogP contribution in [-0.4, -0.2) is 25.8 Å². The largest absolute Gasteiger partial charge is 0.243 e. The molecule has 4 heteroatoms. The summed E-state index contributed by atoms with van der Waals surface area (Å²) in [6, 6.07) is 13.3. The first-order valence-corrected chi connectivity index (χ1v) is 10.3. The molecule has 3 nitrogen and oxygen atoms in total. The summed E-state index contributed by atoms with van der Waals surface area (Å²) in [5.41, 5.74) is 5.63. The topological polar surface area (TPSA) is 37.4 Å². The van der Waals surface area contributed by atoms with Crippen molar-refractivity contribution in [3.63, 3.8) is 0 Å². The molecule has 0 radical (unpaired) electrons. The third-order valence-electron chi connectivity index (χ3n) is 4.77. The molecular weight excluding hydrogens is 342 g/mol. The molecule has 2 aromatic carbocycles. The lowest BCUT2D eigenvalue weighted by molar-refractivity contribution is 0.448. The van der Waals surface area contributed by atoms with Crippen LogP contribution in [0.1, 0.15) is 28.7 Å². The fourth-order valence-electron chi connectivity index (χ4n) is 3.19. The van der Waals surface area contributed by atoms with E-state index >= 15 is 0 Å². The predicted octanol–water partition coefficient (Wildman–Crippen LogP) is 4.65. The highest BCUT2D eigenvalue weighted by Crippen LogP contribution is 2.23. The first kappa shape index (κ1) is 18.6. The van der Waals surface area contributed by atoms with Crippen LogP contribution in [0.15, 0.2) is 65.1 Å². The summed E-state index contributed by atoms with van der Waals surface area (Å²) >= 11 is 0. The molecule has 0 aliphatic carbocycles. The molecule has 3 rings (SSSR count). The van der Waals surface area contributed by atoms with Gasteiger partial charge in [0.05, 0.1) is 4.90 Å². The van der Waals surface area contributed by atoms with E-state index in [1.54, 1.807) is 16.4 Å². The van der Waals surface area contributed by atoms with Crippen molar-refractivity contribution in [1.29, 1.82) is 0 Å². The molecule has 0 aromatic heterocycles. The van der Waals surface area contributed by atoms with Gasteiger partial charge in [-0.25, -0.2) is 8.42 Å². The number of hydrogen-bond acceptors (Lipinski definition) is 2. The maximum Gasteiger partial charge on any atom is 0.243 e. The number of benzene rings is 2. The van der Waals surface area contributed by atoms with E-state index in [1.165, 1.54) is 16.7 Å². The van der Waals surface area contributed by atoms with Gasteiger partial charge in [0.15, 0.2) is 0 Å². The van der Waals surface area contributed by atoms with Gasteiger partial charge < -0.3 is 0 Å². The highest BCUT2D eigenvalue weighted by atomic mass is 32.2. The van der Waals surface area contributed by atoms with Crippen molar-refractivity contribution in [2.75, 3.05) is 13.1 Å². The Kier molecular flexibility index (Phi) is 5.44. The summed E-state index contributed by atoms with van der Waals surface area (Å²) in [7, 11) is -3.50. The first-order chi connectivity index (χ1) is 12.4. The Balaban J connectivity index is 1.94. The van der Waals surface area contributed by atoms with Crippen LogP contribution < -0.4 is 0 Å². The lowest BCUT2D eigenvalue weighted by atomic mass is 10.0. The number of hydrogen-bond donors (Lipinski definition) is 0. The fraction of sp³-hybridized carbons (Fsp3) is 0.273. The van der Waals surface area contributed by atoms with E-state index in [1.807, 2.05) is 25.1 Å². The lowest BCUT2D eigenvalue weighted by Crippen LogP contribution is -2.32. The summed E-state index contributed by atoms with van der Waals surface area (Å²) in [6.45, 7) is 7.01. The third-order valence-corrected chi connectivity index (χ3v) is 6.63. The van der Waals surface area contributed by atoms with Crippen LogP contribution in [0, 0.1) is 20.8 Å². The highest BCUT2D eigenvalue weighted by molar-refractivity contribution is 7.89. The molecule has 0 saturated heterocycles. The molecule has 1 aliphatic heterocycles. The first-order valence-electron chi connectivity index (χ1n) is 8.88. The zero-order valence-corrected chi connectivity index (χ0v) is 16.4. The maximum absolute atomic E-state index is 13.1. The normalized spacial score (nSPS) is 17.4. The summed E-state index contributed by atoms with van der Waals surface area (Å²) in [4.78, 5) is 0.358. The molecule has 2 aromatic rings. The number of sulfonamides is 1. The van der Waals surface area contributed by atoms with Crippen molar-refractivity contribution in [2.45, 2.75) is 32.1 Å². The van der Waals surface area contributed by atoms with E-state index in [4.69, 9.17) is 0 Å². The van der Waals surface area contributed by atoms with Gasteiger partial charge in [0, 0.05) is 13.1 Å². The van der Waals surface area contributed by atoms with Gasteiger partial charge in [0.1, 0.15) is 0 Å². The lowest BCUT2D eigenvalue weighted by Gasteiger charge is -2.21. The second-order valence-corrected chi connectivity index (χ2v) is 8.81. The van der Waals surface area contributed by atoms with E-state index in [9.17, 15) is 8.42 Å². The molecule has 0 atom stereocenters. The quantitative estimate of drug-likeness (QED) is 0.792. The molecule has 1 heterocycles. The Morgan fingerprint density at radius 3 is 2.27 bits per heavy atom. The standard InChI is InChI=1S/C22H25NO2S/c1-17-10-12-21(13-11-17)26(24,25)23-14-5-4-9-20(16-23)15-22-18(2)7-6-8-19(22)3/h4,6-13,15H,5,14,16H2,1-3H3/b20-15+. The molecule has 0 unspecified atom stereocenters. The summed E-state index contributed by atoms with van der Waals surface area (Å²) in [6.07, 6.45) is 6.94. The summed E-state index contributed by atoms with van der Waals surface area (Å²) < 4.78 is 27.7. The molecule has 26 heavy (non-hydrogen) atoms. The van der Waals surface area contributed by atoms with Crippen molar-refractivity contribution in [1.82, 2.24) is 4.31 Å². The zero-order chi connectivity index (χ0) is 18.7. The number of aryl methyl sites for hydroxylation is 3. The Hall–Kier alpha value is -2.17. The highest BCUT2D eigenvalue weighted by Gasteiger charge is 2.25. The van der Waals surface area contributed by atoms with Gasteiger partial charge >= 0.3 is 0 Å². The van der Waals surface area contributed by atoms with Crippen LogP contribution in [-0.2, 0) is 10.0 Å². The van der Waals surface area contributed by atoms with E-state index in [-0.39, 0.29) is 0 Å². The van der Waals surface area contributed by atoms with Gasteiger partial charge in [-0.3, -0.25) is 0 Å². The molecule has 0 fully saturated rings. The Morgan fingerprint density at radius 2 is 1.62 bits per heavy atom. The van der Waals surface area contributed by atoms with Gasteiger partial charge in [-0.15, -0.1) is 0 Å². The van der Waals surface area contributed by atoms with E-state index in [0.29, 0.717) is 18.0 Å². The molecular formula is C22H25NO2S.